The van der Waals surface area contributed by atoms with E-state index in [9.17, 15) is 0 Å². The van der Waals surface area contributed by atoms with E-state index in [0.29, 0.717) is 0 Å². The lowest BCUT2D eigenvalue weighted by molar-refractivity contribution is 1.13. The van der Waals surface area contributed by atoms with Crippen LogP contribution < -0.4 is 4.90 Å². The molecule has 0 aliphatic heterocycles. The van der Waals surface area contributed by atoms with Crippen molar-refractivity contribution in [2.75, 3.05) is 19.0 Å². The Morgan fingerprint density at radius 3 is 2.58 bits per heavy atom. The van der Waals surface area contributed by atoms with Crippen molar-refractivity contribution in [2.24, 2.45) is 4.99 Å². The summed E-state index contributed by atoms with van der Waals surface area (Å²) in [6.45, 7) is 0. The summed E-state index contributed by atoms with van der Waals surface area (Å²) < 4.78 is 0. The van der Waals surface area contributed by atoms with E-state index in [4.69, 9.17) is 5.41 Å². The number of hydrogen-bond donors (Lipinski definition) is 1. The highest BCUT2D eigenvalue weighted by molar-refractivity contribution is 5.69. The predicted molar refractivity (Wildman–Crippen MR) is 50.6 cm³/mol. The monoisotopic (exact) mass is 161 g/mol. The van der Waals surface area contributed by atoms with Crippen LogP contribution in [0.2, 0.25) is 0 Å². The molecule has 3 nitrogen and oxygen atoms in total. The molecule has 0 bridgehead atoms. The van der Waals surface area contributed by atoms with Gasteiger partial charge >= 0.3 is 0 Å². The van der Waals surface area contributed by atoms with E-state index in [1.807, 2.05) is 49.3 Å². The molecule has 0 atom stereocenters. The van der Waals surface area contributed by atoms with Crippen molar-refractivity contribution in [3.63, 3.8) is 0 Å². The zero-order valence-corrected chi connectivity index (χ0v) is 7.20. The molecule has 0 spiro atoms. The van der Waals surface area contributed by atoms with Crippen molar-refractivity contribution in [1.82, 2.24) is 0 Å². The number of rotatable bonds is 2. The minimum Gasteiger partial charge on any atom is -0.376 e. The summed E-state index contributed by atoms with van der Waals surface area (Å²) in [6, 6.07) is 9.67. The number of aliphatic imine (C=N–C) groups is 1. The first-order valence-electron chi connectivity index (χ1n) is 3.64. The Morgan fingerprint density at radius 1 is 1.33 bits per heavy atom. The van der Waals surface area contributed by atoms with Gasteiger partial charge in [-0.25, -0.2) is 5.41 Å². The van der Waals surface area contributed by atoms with Crippen LogP contribution in [0.25, 0.3) is 0 Å². The maximum absolute atomic E-state index is 6.74. The van der Waals surface area contributed by atoms with Gasteiger partial charge in [0.15, 0.2) is 0 Å². The molecule has 1 aromatic rings. The molecule has 0 heterocycles. The van der Waals surface area contributed by atoms with Crippen LogP contribution in [0, 0.1) is 5.41 Å². The summed E-state index contributed by atoms with van der Waals surface area (Å²) in [5, 5.41) is 6.74. The summed E-state index contributed by atoms with van der Waals surface area (Å²) in [6.07, 6.45) is 0. The maximum atomic E-state index is 6.74. The highest BCUT2D eigenvalue weighted by Crippen LogP contribution is 2.25. The Morgan fingerprint density at radius 2 is 2.00 bits per heavy atom. The van der Waals surface area contributed by atoms with Crippen molar-refractivity contribution >= 4 is 17.4 Å². The summed E-state index contributed by atoms with van der Waals surface area (Å²) in [7, 11) is 3.89. The molecule has 62 valence electrons. The fraction of sp³-hybridized carbons (Fsp3) is 0.222. The zero-order chi connectivity index (χ0) is 8.97. The summed E-state index contributed by atoms with van der Waals surface area (Å²) in [5.74, 6) is 0. The highest BCUT2D eigenvalue weighted by atomic mass is 15.1. The van der Waals surface area contributed by atoms with Crippen LogP contribution in [0.15, 0.2) is 29.3 Å². The molecule has 0 aliphatic rings. The van der Waals surface area contributed by atoms with E-state index in [0.717, 1.165) is 11.4 Å². The molecule has 0 amide bonds. The van der Waals surface area contributed by atoms with E-state index in [1.54, 1.807) is 0 Å². The molecule has 1 aromatic carbocycles. The van der Waals surface area contributed by atoms with Crippen LogP contribution in [0.4, 0.5) is 11.4 Å². The third-order valence-electron chi connectivity index (χ3n) is 1.54. The van der Waals surface area contributed by atoms with Gasteiger partial charge in [-0.1, -0.05) is 12.1 Å². The minimum absolute atomic E-state index is 0.775. The van der Waals surface area contributed by atoms with Crippen LogP contribution in [-0.2, 0) is 0 Å². The van der Waals surface area contributed by atoms with E-state index >= 15 is 0 Å². The van der Waals surface area contributed by atoms with Gasteiger partial charge in [0.25, 0.3) is 0 Å². The lowest BCUT2D eigenvalue weighted by atomic mass is 10.2. The average Bonchev–Trinajstić information content (AvgIpc) is 2.05. The topological polar surface area (TPSA) is 39.5 Å². The average molecular weight is 161 g/mol. The molecule has 0 fully saturated rings. The standard InChI is InChI=1S/C9H11N3/c1-12(2)9-6-4-3-5-8(9)11-7-10/h3-6,10H,1-2H3. The van der Waals surface area contributed by atoms with E-state index in [1.165, 1.54) is 0 Å². The first kappa shape index (κ1) is 8.50. The van der Waals surface area contributed by atoms with Gasteiger partial charge in [0.1, 0.15) is 0 Å². The predicted octanol–water partition coefficient (Wildman–Crippen LogP) is 2.14. The first-order chi connectivity index (χ1) is 5.75. The molecule has 3 heteroatoms. The third-order valence-corrected chi connectivity index (χ3v) is 1.54. The molecule has 0 aromatic heterocycles. The van der Waals surface area contributed by atoms with Crippen LogP contribution in [-0.4, -0.2) is 20.1 Å². The highest BCUT2D eigenvalue weighted by Gasteiger charge is 1.99. The minimum atomic E-state index is 0.775. The van der Waals surface area contributed by atoms with Crippen molar-refractivity contribution in [3.8, 4) is 0 Å². The lowest BCUT2D eigenvalue weighted by Crippen LogP contribution is -2.08. The zero-order valence-electron chi connectivity index (χ0n) is 7.20. The first-order valence-corrected chi connectivity index (χ1v) is 3.64. The Bertz CT molecular complexity index is 311. The van der Waals surface area contributed by atoms with Gasteiger partial charge in [0, 0.05) is 14.1 Å². The van der Waals surface area contributed by atoms with Gasteiger partial charge < -0.3 is 4.90 Å². The van der Waals surface area contributed by atoms with Gasteiger partial charge in [0.2, 0.25) is 0 Å². The van der Waals surface area contributed by atoms with E-state index in [-0.39, 0.29) is 0 Å². The number of nitrogens with zero attached hydrogens (tertiary/aromatic N) is 2. The van der Waals surface area contributed by atoms with E-state index < -0.39 is 0 Å². The maximum Gasteiger partial charge on any atom is 0.0979 e. The fourth-order valence-corrected chi connectivity index (χ4v) is 0.997. The lowest BCUT2D eigenvalue weighted by Gasteiger charge is -2.13. The molecule has 0 aliphatic carbocycles. The Hall–Kier alpha value is -1.60. The fourth-order valence-electron chi connectivity index (χ4n) is 0.997. The van der Waals surface area contributed by atoms with Crippen molar-refractivity contribution < 1.29 is 0 Å². The Kier molecular flexibility index (Phi) is 2.62. The molecular formula is C9H11N3. The number of para-hydroxylation sites is 2. The second kappa shape index (κ2) is 3.69. The summed E-state index contributed by atoms with van der Waals surface area (Å²) in [5.41, 5.74) is 1.77. The number of benzene rings is 1. The molecule has 0 radical (unpaired) electrons. The Balaban J connectivity index is 3.17. The molecule has 12 heavy (non-hydrogen) atoms. The molecule has 0 unspecified atom stereocenters. The smallest absolute Gasteiger partial charge is 0.0979 e. The van der Waals surface area contributed by atoms with Crippen LogP contribution in [0.1, 0.15) is 0 Å². The van der Waals surface area contributed by atoms with Crippen molar-refractivity contribution in [1.29, 1.82) is 5.41 Å². The van der Waals surface area contributed by atoms with Gasteiger partial charge in [0.05, 0.1) is 17.4 Å². The number of hydrogen-bond acceptors (Lipinski definition) is 3. The molecule has 0 saturated heterocycles. The van der Waals surface area contributed by atoms with Crippen molar-refractivity contribution in [3.05, 3.63) is 24.3 Å². The molecule has 1 rings (SSSR count). The van der Waals surface area contributed by atoms with E-state index in [2.05, 4.69) is 4.99 Å². The van der Waals surface area contributed by atoms with Crippen LogP contribution in [0.3, 0.4) is 0 Å². The van der Waals surface area contributed by atoms with Crippen LogP contribution in [0.5, 0.6) is 0 Å². The van der Waals surface area contributed by atoms with Gasteiger partial charge in [-0.15, -0.1) is 0 Å². The summed E-state index contributed by atoms with van der Waals surface area (Å²) in [4.78, 5) is 5.76. The second-order valence-corrected chi connectivity index (χ2v) is 2.61. The Labute approximate surface area is 71.9 Å². The van der Waals surface area contributed by atoms with Gasteiger partial charge in [-0.2, -0.15) is 4.99 Å². The largest absolute Gasteiger partial charge is 0.376 e. The second-order valence-electron chi connectivity index (χ2n) is 2.61. The normalized spacial score (nSPS) is 8.83. The number of nitrogens with one attached hydrogen (secondary N) is 1. The summed E-state index contributed by atoms with van der Waals surface area (Å²) >= 11 is 0. The molecule has 0 saturated carbocycles. The third kappa shape index (κ3) is 1.71. The number of anilines is 1. The quantitative estimate of drug-likeness (QED) is 0.663. The molecule has 1 N–H and O–H groups in total. The SMILES string of the molecule is CN(C)c1ccccc1N=C=N. The van der Waals surface area contributed by atoms with Gasteiger partial charge in [-0.05, 0) is 12.1 Å². The van der Waals surface area contributed by atoms with Crippen molar-refractivity contribution in [2.45, 2.75) is 0 Å². The van der Waals surface area contributed by atoms with Crippen LogP contribution >= 0.6 is 0 Å². The van der Waals surface area contributed by atoms with Gasteiger partial charge in [-0.3, -0.25) is 0 Å². The molecular weight excluding hydrogens is 150 g/mol.